The third kappa shape index (κ3) is 2.63. The number of aryl methyl sites for hydroxylation is 1. The molecule has 0 aliphatic rings. The fraction of sp³-hybridized carbons (Fsp3) is 0.308. The van der Waals surface area contributed by atoms with Crippen molar-refractivity contribution in [1.82, 2.24) is 4.90 Å². The van der Waals surface area contributed by atoms with E-state index in [1.807, 2.05) is 6.92 Å². The molecule has 0 aliphatic carbocycles. The first-order valence-electron chi connectivity index (χ1n) is 5.30. The van der Waals surface area contributed by atoms with Gasteiger partial charge in [-0.25, -0.2) is 0 Å². The zero-order chi connectivity index (χ0) is 12.1. The van der Waals surface area contributed by atoms with Crippen molar-refractivity contribution in [3.63, 3.8) is 0 Å². The second kappa shape index (κ2) is 5.35. The molecule has 0 bridgehead atoms. The van der Waals surface area contributed by atoms with Gasteiger partial charge in [-0.3, -0.25) is 4.79 Å². The molecule has 0 unspecified atom stereocenters. The molecule has 16 heavy (non-hydrogen) atoms. The number of carbonyl (C=O) groups excluding carboxylic acids is 1. The number of phenolic OH excluding ortho intramolecular Hbond substituents is 1. The number of nitrogens with zero attached hydrogens (tertiary/aromatic N) is 1. The molecule has 0 atom stereocenters. The van der Waals surface area contributed by atoms with Gasteiger partial charge in [-0.1, -0.05) is 6.08 Å². The highest BCUT2D eigenvalue weighted by Crippen LogP contribution is 2.18. The highest BCUT2D eigenvalue weighted by molar-refractivity contribution is 5.94. The minimum Gasteiger partial charge on any atom is -0.508 e. The molecule has 0 fully saturated rings. The first-order valence-corrected chi connectivity index (χ1v) is 5.30. The largest absolute Gasteiger partial charge is 0.508 e. The van der Waals surface area contributed by atoms with E-state index < -0.39 is 0 Å². The van der Waals surface area contributed by atoms with Gasteiger partial charge in [0.15, 0.2) is 0 Å². The van der Waals surface area contributed by atoms with Gasteiger partial charge in [-0.2, -0.15) is 0 Å². The molecule has 0 aromatic heterocycles. The van der Waals surface area contributed by atoms with Crippen molar-refractivity contribution >= 4 is 5.91 Å². The number of hydrogen-bond donors (Lipinski definition) is 1. The van der Waals surface area contributed by atoms with Crippen LogP contribution in [-0.4, -0.2) is 29.0 Å². The maximum Gasteiger partial charge on any atom is 0.254 e. The van der Waals surface area contributed by atoms with Crippen molar-refractivity contribution in [3.05, 3.63) is 42.0 Å². The molecule has 1 aromatic carbocycles. The normalized spacial score (nSPS) is 9.88. The van der Waals surface area contributed by atoms with Crippen LogP contribution < -0.4 is 0 Å². The molecule has 0 spiro atoms. The fourth-order valence-corrected chi connectivity index (χ4v) is 1.48. The minimum atomic E-state index is -0.0366. The van der Waals surface area contributed by atoms with E-state index in [0.29, 0.717) is 24.2 Å². The van der Waals surface area contributed by atoms with Crippen LogP contribution in [0.3, 0.4) is 0 Å². The predicted molar refractivity (Wildman–Crippen MR) is 64.6 cm³/mol. The van der Waals surface area contributed by atoms with E-state index >= 15 is 0 Å². The van der Waals surface area contributed by atoms with Gasteiger partial charge < -0.3 is 10.0 Å². The summed E-state index contributed by atoms with van der Waals surface area (Å²) in [6.45, 7) is 8.50. The second-order valence-corrected chi connectivity index (χ2v) is 3.63. The topological polar surface area (TPSA) is 40.5 Å². The van der Waals surface area contributed by atoms with Gasteiger partial charge in [0.05, 0.1) is 0 Å². The van der Waals surface area contributed by atoms with Gasteiger partial charge in [0.2, 0.25) is 0 Å². The molecule has 0 heterocycles. The summed E-state index contributed by atoms with van der Waals surface area (Å²) in [6, 6.07) is 4.88. The molecular formula is C13H17NO2. The Balaban J connectivity index is 2.94. The third-order valence-electron chi connectivity index (χ3n) is 2.46. The molecule has 1 aromatic rings. The molecule has 1 N–H and O–H groups in total. The first kappa shape index (κ1) is 12.3. The van der Waals surface area contributed by atoms with Crippen molar-refractivity contribution < 1.29 is 9.90 Å². The lowest BCUT2D eigenvalue weighted by atomic mass is 10.1. The van der Waals surface area contributed by atoms with E-state index in [1.54, 1.807) is 36.1 Å². The molecule has 1 amide bonds. The van der Waals surface area contributed by atoms with Gasteiger partial charge in [0.25, 0.3) is 5.91 Å². The number of rotatable bonds is 4. The fourth-order valence-electron chi connectivity index (χ4n) is 1.48. The highest BCUT2D eigenvalue weighted by Gasteiger charge is 2.13. The Labute approximate surface area is 96.0 Å². The van der Waals surface area contributed by atoms with E-state index in [-0.39, 0.29) is 11.7 Å². The Hall–Kier alpha value is -1.77. The number of amides is 1. The van der Waals surface area contributed by atoms with E-state index in [1.165, 1.54) is 0 Å². The summed E-state index contributed by atoms with van der Waals surface area (Å²) >= 11 is 0. The summed E-state index contributed by atoms with van der Waals surface area (Å²) in [7, 11) is 0. The van der Waals surface area contributed by atoms with Crippen LogP contribution in [0.25, 0.3) is 0 Å². The summed E-state index contributed by atoms with van der Waals surface area (Å²) < 4.78 is 0. The van der Waals surface area contributed by atoms with Crippen molar-refractivity contribution in [2.75, 3.05) is 13.1 Å². The van der Waals surface area contributed by atoms with Crippen LogP contribution in [0.4, 0.5) is 0 Å². The average Bonchev–Trinajstić information content (AvgIpc) is 2.28. The van der Waals surface area contributed by atoms with Crippen LogP contribution in [-0.2, 0) is 0 Å². The number of phenols is 1. The average molecular weight is 219 g/mol. The molecule has 3 heteroatoms. The van der Waals surface area contributed by atoms with E-state index in [9.17, 15) is 9.90 Å². The Morgan fingerprint density at radius 1 is 1.56 bits per heavy atom. The number of carbonyl (C=O) groups is 1. The van der Waals surface area contributed by atoms with E-state index in [0.717, 1.165) is 0 Å². The van der Waals surface area contributed by atoms with Crippen molar-refractivity contribution in [2.45, 2.75) is 13.8 Å². The predicted octanol–water partition coefficient (Wildman–Crippen LogP) is 2.35. The standard InChI is InChI=1S/C13H17NO2/c1-4-8-14(5-2)13(16)11-6-7-12(15)10(3)9-11/h4,6-7,9,15H,1,5,8H2,2-3H3. The lowest BCUT2D eigenvalue weighted by Crippen LogP contribution is -2.30. The van der Waals surface area contributed by atoms with Gasteiger partial charge in [-0.15, -0.1) is 6.58 Å². The van der Waals surface area contributed by atoms with Gasteiger partial charge >= 0.3 is 0 Å². The lowest BCUT2D eigenvalue weighted by molar-refractivity contribution is 0.0782. The molecule has 3 nitrogen and oxygen atoms in total. The lowest BCUT2D eigenvalue weighted by Gasteiger charge is -2.19. The Bertz CT molecular complexity index is 399. The summed E-state index contributed by atoms with van der Waals surface area (Å²) in [5, 5.41) is 9.38. The van der Waals surface area contributed by atoms with Crippen LogP contribution in [0.1, 0.15) is 22.8 Å². The van der Waals surface area contributed by atoms with Gasteiger partial charge in [0.1, 0.15) is 5.75 Å². The van der Waals surface area contributed by atoms with Crippen LogP contribution in [0.2, 0.25) is 0 Å². The number of benzene rings is 1. The Kier molecular flexibility index (Phi) is 4.11. The van der Waals surface area contributed by atoms with Crippen molar-refractivity contribution in [1.29, 1.82) is 0 Å². The maximum atomic E-state index is 12.0. The molecule has 1 rings (SSSR count). The Morgan fingerprint density at radius 3 is 2.75 bits per heavy atom. The van der Waals surface area contributed by atoms with E-state index in [2.05, 4.69) is 6.58 Å². The minimum absolute atomic E-state index is 0.0366. The van der Waals surface area contributed by atoms with Gasteiger partial charge in [-0.05, 0) is 37.6 Å². The van der Waals surface area contributed by atoms with E-state index in [4.69, 9.17) is 0 Å². The molecule has 0 aliphatic heterocycles. The Morgan fingerprint density at radius 2 is 2.25 bits per heavy atom. The molecule has 0 saturated carbocycles. The third-order valence-corrected chi connectivity index (χ3v) is 2.46. The van der Waals surface area contributed by atoms with Gasteiger partial charge in [0, 0.05) is 18.7 Å². The second-order valence-electron chi connectivity index (χ2n) is 3.63. The van der Waals surface area contributed by atoms with Crippen LogP contribution in [0.5, 0.6) is 5.75 Å². The molecule has 0 saturated heterocycles. The summed E-state index contributed by atoms with van der Waals surface area (Å²) in [5.41, 5.74) is 1.31. The monoisotopic (exact) mass is 219 g/mol. The smallest absolute Gasteiger partial charge is 0.254 e. The molecule has 86 valence electrons. The molecular weight excluding hydrogens is 202 g/mol. The maximum absolute atomic E-state index is 12.0. The SMILES string of the molecule is C=CCN(CC)C(=O)c1ccc(O)c(C)c1. The number of likely N-dealkylation sites (N-methyl/N-ethyl adjacent to an activating group) is 1. The molecule has 0 radical (unpaired) electrons. The van der Waals surface area contributed by atoms with Crippen LogP contribution >= 0.6 is 0 Å². The first-order chi connectivity index (χ1) is 7.60. The van der Waals surface area contributed by atoms with Crippen molar-refractivity contribution in [3.8, 4) is 5.75 Å². The summed E-state index contributed by atoms with van der Waals surface area (Å²) in [4.78, 5) is 13.7. The number of aromatic hydroxyl groups is 1. The highest BCUT2D eigenvalue weighted by atomic mass is 16.3. The quantitative estimate of drug-likeness (QED) is 0.790. The van der Waals surface area contributed by atoms with Crippen LogP contribution in [0, 0.1) is 6.92 Å². The number of hydrogen-bond acceptors (Lipinski definition) is 2. The zero-order valence-corrected chi connectivity index (χ0v) is 9.73. The van der Waals surface area contributed by atoms with Crippen molar-refractivity contribution in [2.24, 2.45) is 0 Å². The summed E-state index contributed by atoms with van der Waals surface area (Å²) in [6.07, 6.45) is 1.70. The van der Waals surface area contributed by atoms with Crippen LogP contribution in [0.15, 0.2) is 30.9 Å². The zero-order valence-electron chi connectivity index (χ0n) is 9.73. The summed E-state index contributed by atoms with van der Waals surface area (Å²) in [5.74, 6) is 0.175.